The van der Waals surface area contributed by atoms with Gasteiger partial charge in [-0.05, 0) is 38.0 Å². The van der Waals surface area contributed by atoms with Crippen LogP contribution in [0.3, 0.4) is 0 Å². The van der Waals surface area contributed by atoms with Gasteiger partial charge in [0.05, 0.1) is 10.7 Å². The van der Waals surface area contributed by atoms with Crippen LogP contribution in [-0.4, -0.2) is 42.0 Å². The fourth-order valence-electron chi connectivity index (χ4n) is 3.91. The molecular weight excluding hydrogens is 431 g/mol. The molecule has 2 unspecified atom stereocenters. The fraction of sp³-hybridized carbons (Fsp3) is 0.778. The van der Waals surface area contributed by atoms with Crippen LogP contribution in [0.25, 0.3) is 0 Å². The molecular formula is C18H31IN4S. The van der Waals surface area contributed by atoms with Crippen molar-refractivity contribution in [3.8, 4) is 0 Å². The zero-order valence-corrected chi connectivity index (χ0v) is 18.1. The molecule has 2 aliphatic rings. The molecule has 2 fully saturated rings. The lowest BCUT2D eigenvalue weighted by atomic mass is 9.82. The summed E-state index contributed by atoms with van der Waals surface area (Å²) in [6.07, 6.45) is 7.66. The van der Waals surface area contributed by atoms with Gasteiger partial charge in [0.25, 0.3) is 0 Å². The molecule has 1 saturated heterocycles. The van der Waals surface area contributed by atoms with E-state index in [9.17, 15) is 0 Å². The van der Waals surface area contributed by atoms with Gasteiger partial charge >= 0.3 is 0 Å². The predicted octanol–water partition coefficient (Wildman–Crippen LogP) is 3.95. The molecule has 1 N–H and O–H groups in total. The molecule has 0 amide bonds. The number of aliphatic imine (C=N–C) groups is 1. The standard InChI is InChI=1S/C18H30N4S.HI/c1-3-17-21-16(13-23-17)9-10-20-18(19-4-2)22-11-14-7-5-6-8-15(14)12-22;/h13-15H,3-12H2,1-2H3,(H,19,20);1H. The Morgan fingerprint density at radius 2 is 2.00 bits per heavy atom. The lowest BCUT2D eigenvalue weighted by molar-refractivity contribution is 0.299. The van der Waals surface area contributed by atoms with Gasteiger partial charge in [0.1, 0.15) is 0 Å². The molecule has 1 aliphatic heterocycles. The molecule has 2 atom stereocenters. The van der Waals surface area contributed by atoms with Crippen LogP contribution < -0.4 is 5.32 Å². The van der Waals surface area contributed by atoms with E-state index in [0.717, 1.165) is 43.7 Å². The Bertz CT molecular complexity index is 517. The Hall–Kier alpha value is -0.370. The molecule has 0 radical (unpaired) electrons. The normalized spacial score (nSPS) is 23.8. The summed E-state index contributed by atoms with van der Waals surface area (Å²) in [5.74, 6) is 2.92. The van der Waals surface area contributed by atoms with E-state index in [2.05, 4.69) is 34.4 Å². The SMILES string of the molecule is CCNC(=NCCc1csc(CC)n1)N1CC2CCCCC2C1.I. The van der Waals surface area contributed by atoms with E-state index in [1.165, 1.54) is 49.5 Å². The monoisotopic (exact) mass is 462 g/mol. The van der Waals surface area contributed by atoms with Crippen LogP contribution >= 0.6 is 35.3 Å². The number of hydrogen-bond acceptors (Lipinski definition) is 3. The number of hydrogen-bond donors (Lipinski definition) is 1. The molecule has 0 bridgehead atoms. The second-order valence-electron chi connectivity index (χ2n) is 6.78. The number of nitrogens with one attached hydrogen (secondary N) is 1. The highest BCUT2D eigenvalue weighted by Crippen LogP contribution is 2.35. The van der Waals surface area contributed by atoms with E-state index >= 15 is 0 Å². The Balaban J connectivity index is 0.00000208. The number of thiazole rings is 1. The molecule has 6 heteroatoms. The van der Waals surface area contributed by atoms with Crippen molar-refractivity contribution in [1.29, 1.82) is 0 Å². The van der Waals surface area contributed by atoms with Crippen molar-refractivity contribution in [2.24, 2.45) is 16.8 Å². The minimum absolute atomic E-state index is 0. The van der Waals surface area contributed by atoms with Crippen LogP contribution in [0.1, 0.15) is 50.2 Å². The van der Waals surface area contributed by atoms with Crippen LogP contribution in [-0.2, 0) is 12.8 Å². The quantitative estimate of drug-likeness (QED) is 0.409. The van der Waals surface area contributed by atoms with Gasteiger partial charge in [0.2, 0.25) is 0 Å². The molecule has 1 aliphatic carbocycles. The van der Waals surface area contributed by atoms with Crippen molar-refractivity contribution in [2.45, 2.75) is 52.4 Å². The highest BCUT2D eigenvalue weighted by Gasteiger charge is 2.35. The number of aromatic nitrogens is 1. The van der Waals surface area contributed by atoms with Gasteiger partial charge in [0, 0.05) is 38.0 Å². The molecule has 136 valence electrons. The fourth-order valence-corrected chi connectivity index (χ4v) is 4.69. The smallest absolute Gasteiger partial charge is 0.193 e. The summed E-state index contributed by atoms with van der Waals surface area (Å²) >= 11 is 1.77. The zero-order valence-electron chi connectivity index (χ0n) is 15.0. The second kappa shape index (κ2) is 9.94. The van der Waals surface area contributed by atoms with Gasteiger partial charge in [0.15, 0.2) is 5.96 Å². The Morgan fingerprint density at radius 1 is 1.29 bits per heavy atom. The van der Waals surface area contributed by atoms with Crippen molar-refractivity contribution in [1.82, 2.24) is 15.2 Å². The number of guanidine groups is 1. The summed E-state index contributed by atoms with van der Waals surface area (Å²) in [6, 6.07) is 0. The third-order valence-electron chi connectivity index (χ3n) is 5.14. The van der Waals surface area contributed by atoms with Crippen LogP contribution in [0.15, 0.2) is 10.4 Å². The number of aryl methyl sites for hydroxylation is 1. The van der Waals surface area contributed by atoms with Crippen molar-refractivity contribution < 1.29 is 0 Å². The first-order chi connectivity index (χ1) is 11.3. The third kappa shape index (κ3) is 5.07. The van der Waals surface area contributed by atoms with Gasteiger partial charge < -0.3 is 10.2 Å². The van der Waals surface area contributed by atoms with E-state index in [1.807, 2.05) is 0 Å². The molecule has 1 aromatic rings. The lowest BCUT2D eigenvalue weighted by Gasteiger charge is -2.22. The lowest BCUT2D eigenvalue weighted by Crippen LogP contribution is -2.40. The molecule has 2 heterocycles. The first-order valence-corrected chi connectivity index (χ1v) is 10.1. The minimum Gasteiger partial charge on any atom is -0.357 e. The second-order valence-corrected chi connectivity index (χ2v) is 7.72. The Morgan fingerprint density at radius 3 is 2.58 bits per heavy atom. The van der Waals surface area contributed by atoms with Crippen molar-refractivity contribution in [2.75, 3.05) is 26.2 Å². The van der Waals surface area contributed by atoms with E-state index in [4.69, 9.17) is 4.99 Å². The van der Waals surface area contributed by atoms with Gasteiger partial charge in [-0.1, -0.05) is 19.8 Å². The molecule has 4 nitrogen and oxygen atoms in total. The molecule has 24 heavy (non-hydrogen) atoms. The first kappa shape index (κ1) is 19.9. The van der Waals surface area contributed by atoms with Crippen LogP contribution in [0.4, 0.5) is 0 Å². The van der Waals surface area contributed by atoms with Crippen molar-refractivity contribution in [3.63, 3.8) is 0 Å². The van der Waals surface area contributed by atoms with Gasteiger partial charge in [-0.3, -0.25) is 4.99 Å². The minimum atomic E-state index is 0. The van der Waals surface area contributed by atoms with Gasteiger partial charge in [-0.25, -0.2) is 4.98 Å². The summed E-state index contributed by atoms with van der Waals surface area (Å²) < 4.78 is 0. The average molecular weight is 462 g/mol. The van der Waals surface area contributed by atoms with Crippen molar-refractivity contribution >= 4 is 41.3 Å². The maximum atomic E-state index is 4.88. The maximum absolute atomic E-state index is 4.88. The topological polar surface area (TPSA) is 40.5 Å². The number of rotatable bonds is 5. The summed E-state index contributed by atoms with van der Waals surface area (Å²) in [5.41, 5.74) is 1.20. The average Bonchev–Trinajstić information content (AvgIpc) is 3.20. The van der Waals surface area contributed by atoms with Gasteiger partial charge in [-0.2, -0.15) is 0 Å². The third-order valence-corrected chi connectivity index (χ3v) is 6.18. The van der Waals surface area contributed by atoms with E-state index < -0.39 is 0 Å². The first-order valence-electron chi connectivity index (χ1n) is 9.26. The van der Waals surface area contributed by atoms with Crippen LogP contribution in [0.5, 0.6) is 0 Å². The predicted molar refractivity (Wildman–Crippen MR) is 114 cm³/mol. The molecule has 1 saturated carbocycles. The zero-order chi connectivity index (χ0) is 16.1. The highest BCUT2D eigenvalue weighted by atomic mass is 127. The maximum Gasteiger partial charge on any atom is 0.193 e. The Kier molecular flexibility index (Phi) is 8.27. The highest BCUT2D eigenvalue weighted by molar-refractivity contribution is 14.0. The van der Waals surface area contributed by atoms with Crippen molar-refractivity contribution in [3.05, 3.63) is 16.1 Å². The molecule has 1 aromatic heterocycles. The summed E-state index contributed by atoms with van der Waals surface area (Å²) in [4.78, 5) is 12.0. The summed E-state index contributed by atoms with van der Waals surface area (Å²) in [5, 5.41) is 6.92. The van der Waals surface area contributed by atoms with E-state index in [-0.39, 0.29) is 24.0 Å². The number of nitrogens with zero attached hydrogens (tertiary/aromatic N) is 3. The molecule has 0 spiro atoms. The molecule has 0 aromatic carbocycles. The van der Waals surface area contributed by atoms with E-state index in [0.29, 0.717) is 0 Å². The van der Waals surface area contributed by atoms with Crippen LogP contribution in [0.2, 0.25) is 0 Å². The number of fused-ring (bicyclic) bond motifs is 1. The number of likely N-dealkylation sites (tertiary alicyclic amines) is 1. The van der Waals surface area contributed by atoms with E-state index in [1.54, 1.807) is 11.3 Å². The summed E-state index contributed by atoms with van der Waals surface area (Å²) in [6.45, 7) is 8.51. The van der Waals surface area contributed by atoms with Crippen LogP contribution in [0, 0.1) is 11.8 Å². The molecule has 3 rings (SSSR count). The number of halogens is 1. The Labute approximate surface area is 167 Å². The van der Waals surface area contributed by atoms with Gasteiger partial charge in [-0.15, -0.1) is 35.3 Å². The largest absolute Gasteiger partial charge is 0.357 e. The summed E-state index contributed by atoms with van der Waals surface area (Å²) in [7, 11) is 0.